The molecule has 0 saturated heterocycles. The number of halogens is 1. The van der Waals surface area contributed by atoms with Crippen LogP contribution in [0.3, 0.4) is 0 Å². The Hall–Kier alpha value is -3.02. The van der Waals surface area contributed by atoms with E-state index in [1.807, 2.05) is 42.5 Å². The third-order valence-electron chi connectivity index (χ3n) is 5.54. The first kappa shape index (κ1) is 21.2. The van der Waals surface area contributed by atoms with Crippen LogP contribution in [0, 0.1) is 0 Å². The summed E-state index contributed by atoms with van der Waals surface area (Å²) in [5, 5.41) is 3.55. The van der Waals surface area contributed by atoms with Crippen molar-refractivity contribution in [3.05, 3.63) is 88.4 Å². The largest absolute Gasteiger partial charge is 0.493 e. The summed E-state index contributed by atoms with van der Waals surface area (Å²) in [6, 6.07) is 21.4. The number of methoxy groups -OCH3 is 2. The molecule has 0 saturated carbocycles. The highest BCUT2D eigenvalue weighted by Gasteiger charge is 2.31. The van der Waals surface area contributed by atoms with E-state index in [2.05, 4.69) is 22.3 Å². The van der Waals surface area contributed by atoms with E-state index in [0.717, 1.165) is 29.8 Å². The van der Waals surface area contributed by atoms with Crippen LogP contribution in [0.2, 0.25) is 5.02 Å². The summed E-state index contributed by atoms with van der Waals surface area (Å²) >= 11 is 6.05. The van der Waals surface area contributed by atoms with Crippen LogP contribution in [0.5, 0.6) is 11.5 Å². The SMILES string of the molecule is COc1cc2c(cc1OC)[C@@H](c1ccccc1)N(CC(=O)Nc1cccc(Cl)c1)CC2. The summed E-state index contributed by atoms with van der Waals surface area (Å²) in [6.07, 6.45) is 0.823. The number of carbonyl (C=O) groups excluding carboxylic acids is 1. The van der Waals surface area contributed by atoms with Gasteiger partial charge in [0.1, 0.15) is 0 Å². The van der Waals surface area contributed by atoms with E-state index >= 15 is 0 Å². The number of fused-ring (bicyclic) bond motifs is 1. The number of hydrogen-bond donors (Lipinski definition) is 1. The highest BCUT2D eigenvalue weighted by molar-refractivity contribution is 6.30. The molecule has 0 aromatic heterocycles. The predicted molar refractivity (Wildman–Crippen MR) is 123 cm³/mol. The van der Waals surface area contributed by atoms with E-state index in [-0.39, 0.29) is 18.5 Å². The van der Waals surface area contributed by atoms with Crippen LogP contribution in [-0.4, -0.2) is 38.1 Å². The van der Waals surface area contributed by atoms with Crippen LogP contribution < -0.4 is 14.8 Å². The molecule has 6 heteroatoms. The number of hydrogen-bond acceptors (Lipinski definition) is 4. The molecular weight excluding hydrogens is 412 g/mol. The third kappa shape index (κ3) is 4.68. The van der Waals surface area contributed by atoms with Crippen LogP contribution in [-0.2, 0) is 11.2 Å². The molecule has 4 rings (SSSR count). The molecule has 1 atom stereocenters. The summed E-state index contributed by atoms with van der Waals surface area (Å²) in [5.74, 6) is 1.33. The van der Waals surface area contributed by atoms with E-state index < -0.39 is 0 Å². The second-order valence-corrected chi connectivity index (χ2v) is 7.93. The third-order valence-corrected chi connectivity index (χ3v) is 5.78. The number of nitrogens with one attached hydrogen (secondary N) is 1. The first-order valence-corrected chi connectivity index (χ1v) is 10.6. The number of amides is 1. The van der Waals surface area contributed by atoms with Crippen molar-refractivity contribution in [3.8, 4) is 11.5 Å². The van der Waals surface area contributed by atoms with Crippen LogP contribution in [0.4, 0.5) is 5.69 Å². The molecule has 0 radical (unpaired) electrons. The van der Waals surface area contributed by atoms with Crippen molar-refractivity contribution in [3.63, 3.8) is 0 Å². The quantitative estimate of drug-likeness (QED) is 0.594. The number of benzene rings is 3. The van der Waals surface area contributed by atoms with Gasteiger partial charge in [0.2, 0.25) is 5.91 Å². The Labute approximate surface area is 187 Å². The molecule has 1 aliphatic rings. The molecule has 1 heterocycles. The van der Waals surface area contributed by atoms with Gasteiger partial charge < -0.3 is 14.8 Å². The van der Waals surface area contributed by atoms with E-state index in [1.54, 1.807) is 26.4 Å². The molecule has 5 nitrogen and oxygen atoms in total. The number of carbonyl (C=O) groups is 1. The van der Waals surface area contributed by atoms with Gasteiger partial charge in [-0.2, -0.15) is 0 Å². The summed E-state index contributed by atoms with van der Waals surface area (Å²) in [4.78, 5) is 15.1. The fourth-order valence-corrected chi connectivity index (χ4v) is 4.34. The number of ether oxygens (including phenoxy) is 2. The van der Waals surface area contributed by atoms with Crippen LogP contribution >= 0.6 is 11.6 Å². The summed E-state index contributed by atoms with van der Waals surface area (Å²) in [5.41, 5.74) is 4.16. The summed E-state index contributed by atoms with van der Waals surface area (Å²) in [7, 11) is 3.29. The molecule has 1 aliphatic heterocycles. The van der Waals surface area contributed by atoms with Crippen molar-refractivity contribution in [2.24, 2.45) is 0 Å². The second-order valence-electron chi connectivity index (χ2n) is 7.50. The lowest BCUT2D eigenvalue weighted by Crippen LogP contribution is -2.41. The van der Waals surface area contributed by atoms with Crippen molar-refractivity contribution in [1.29, 1.82) is 0 Å². The lowest BCUT2D eigenvalue weighted by atomic mass is 9.87. The lowest BCUT2D eigenvalue weighted by Gasteiger charge is -2.37. The minimum atomic E-state index is -0.0767. The zero-order valence-corrected chi connectivity index (χ0v) is 18.4. The normalized spacial score (nSPS) is 15.8. The standard InChI is InChI=1S/C25H25ClN2O3/c1-30-22-13-18-11-12-28(16-24(29)27-20-10-6-9-19(26)14-20)25(17-7-4-3-5-8-17)21(18)15-23(22)31-2/h3-10,13-15,25H,11-12,16H2,1-2H3,(H,27,29)/t25-/m1/s1. The van der Waals surface area contributed by atoms with Gasteiger partial charge in [-0.3, -0.25) is 9.69 Å². The lowest BCUT2D eigenvalue weighted by molar-refractivity contribution is -0.117. The van der Waals surface area contributed by atoms with E-state index in [0.29, 0.717) is 16.5 Å². The van der Waals surface area contributed by atoms with Crippen LogP contribution in [0.25, 0.3) is 0 Å². The maximum atomic E-state index is 12.9. The molecule has 1 N–H and O–H groups in total. The molecule has 160 valence electrons. The van der Waals surface area contributed by atoms with Gasteiger partial charge in [0.25, 0.3) is 0 Å². The zero-order chi connectivity index (χ0) is 21.8. The van der Waals surface area contributed by atoms with Gasteiger partial charge in [-0.25, -0.2) is 0 Å². The molecule has 0 bridgehead atoms. The van der Waals surface area contributed by atoms with Crippen molar-refractivity contribution < 1.29 is 14.3 Å². The van der Waals surface area contributed by atoms with Gasteiger partial charge in [-0.15, -0.1) is 0 Å². The molecule has 0 spiro atoms. The minimum Gasteiger partial charge on any atom is -0.493 e. The Bertz CT molecular complexity index is 1070. The zero-order valence-electron chi connectivity index (χ0n) is 17.6. The molecule has 31 heavy (non-hydrogen) atoms. The van der Waals surface area contributed by atoms with Gasteiger partial charge in [-0.05, 0) is 53.4 Å². The van der Waals surface area contributed by atoms with E-state index in [9.17, 15) is 4.79 Å². The summed E-state index contributed by atoms with van der Waals surface area (Å²) in [6.45, 7) is 1.02. The van der Waals surface area contributed by atoms with Gasteiger partial charge in [-0.1, -0.05) is 48.0 Å². The minimum absolute atomic E-state index is 0.0603. The topological polar surface area (TPSA) is 50.8 Å². The fourth-order valence-electron chi connectivity index (χ4n) is 4.14. The van der Waals surface area contributed by atoms with Crippen LogP contribution in [0.15, 0.2) is 66.7 Å². The first-order valence-electron chi connectivity index (χ1n) is 10.2. The molecular formula is C25H25ClN2O3. The van der Waals surface area contributed by atoms with E-state index in [4.69, 9.17) is 21.1 Å². The van der Waals surface area contributed by atoms with Gasteiger partial charge >= 0.3 is 0 Å². The molecule has 0 unspecified atom stereocenters. The maximum Gasteiger partial charge on any atom is 0.238 e. The van der Waals surface area contributed by atoms with Crippen molar-refractivity contribution in [1.82, 2.24) is 4.90 Å². The molecule has 0 fully saturated rings. The molecule has 3 aromatic carbocycles. The molecule has 1 amide bonds. The Kier molecular flexibility index (Phi) is 6.44. The van der Waals surface area contributed by atoms with Crippen molar-refractivity contribution >= 4 is 23.2 Å². The first-order chi connectivity index (χ1) is 15.1. The number of anilines is 1. The molecule has 3 aromatic rings. The smallest absolute Gasteiger partial charge is 0.238 e. The highest BCUT2D eigenvalue weighted by Crippen LogP contribution is 2.40. The highest BCUT2D eigenvalue weighted by atomic mass is 35.5. The Morgan fingerprint density at radius 1 is 1.03 bits per heavy atom. The monoisotopic (exact) mass is 436 g/mol. The Morgan fingerprint density at radius 3 is 2.48 bits per heavy atom. The average Bonchev–Trinajstić information content (AvgIpc) is 2.78. The Balaban J connectivity index is 1.65. The summed E-state index contributed by atoms with van der Waals surface area (Å²) < 4.78 is 11.1. The van der Waals surface area contributed by atoms with Crippen molar-refractivity contribution in [2.45, 2.75) is 12.5 Å². The van der Waals surface area contributed by atoms with Gasteiger partial charge in [0.15, 0.2) is 11.5 Å². The van der Waals surface area contributed by atoms with Gasteiger partial charge in [0, 0.05) is 17.3 Å². The second kappa shape index (κ2) is 9.41. The fraction of sp³-hybridized carbons (Fsp3) is 0.240. The van der Waals surface area contributed by atoms with E-state index in [1.165, 1.54) is 5.56 Å². The van der Waals surface area contributed by atoms with Crippen molar-refractivity contribution in [2.75, 3.05) is 32.6 Å². The average molecular weight is 437 g/mol. The van der Waals surface area contributed by atoms with Gasteiger partial charge in [0.05, 0.1) is 26.8 Å². The Morgan fingerprint density at radius 2 is 1.77 bits per heavy atom. The molecule has 0 aliphatic carbocycles. The maximum absolute atomic E-state index is 12.9. The predicted octanol–water partition coefficient (Wildman–Crippen LogP) is 4.94. The van der Waals surface area contributed by atoms with Crippen LogP contribution in [0.1, 0.15) is 22.7 Å². The number of nitrogens with zero attached hydrogens (tertiary/aromatic N) is 1. The number of rotatable bonds is 6.